The molecule has 0 saturated carbocycles. The van der Waals surface area contributed by atoms with E-state index in [1.807, 2.05) is 32.0 Å². The minimum Gasteiger partial charge on any atom is -0.465 e. The largest absolute Gasteiger partial charge is 0.465 e. The number of nitrogens with one attached hydrogen (secondary N) is 1. The number of hydrogen-bond acceptors (Lipinski definition) is 4. The van der Waals surface area contributed by atoms with Gasteiger partial charge in [-0.1, -0.05) is 23.8 Å². The highest BCUT2D eigenvalue weighted by Gasteiger charge is 2.22. The molecular weight excluding hydrogens is 378 g/mol. The van der Waals surface area contributed by atoms with Gasteiger partial charge in [0.05, 0.1) is 5.69 Å². The number of aromatic nitrogens is 2. The number of aryl methyl sites for hydroxylation is 2. The second kappa shape index (κ2) is 7.85. The molecule has 1 aromatic carbocycles. The molecule has 28 heavy (non-hydrogen) atoms. The highest BCUT2D eigenvalue weighted by Crippen LogP contribution is 2.30. The predicted octanol–water partition coefficient (Wildman–Crippen LogP) is 3.21. The Bertz CT molecular complexity index is 1110. The Balaban J connectivity index is 2.11. The Kier molecular flexibility index (Phi) is 5.51. The molecule has 3 rings (SSSR count). The minimum absolute atomic E-state index is 0.0897. The maximum Gasteiger partial charge on any atom is 0.404 e. The Morgan fingerprint density at radius 3 is 2.64 bits per heavy atom. The van der Waals surface area contributed by atoms with Gasteiger partial charge in [0.25, 0.3) is 10.0 Å². The Labute approximate surface area is 163 Å². The molecule has 0 aliphatic carbocycles. The second-order valence-electron chi connectivity index (χ2n) is 6.52. The van der Waals surface area contributed by atoms with Gasteiger partial charge in [0, 0.05) is 30.7 Å². The number of carboxylic acid groups (broad SMARTS) is 1. The lowest BCUT2D eigenvalue weighted by Crippen LogP contribution is -2.23. The molecule has 146 valence electrons. The maximum absolute atomic E-state index is 13.2. The summed E-state index contributed by atoms with van der Waals surface area (Å²) in [5, 5.41) is 11.1. The summed E-state index contributed by atoms with van der Waals surface area (Å²) in [5.74, 6) is 0. The molecule has 2 heterocycles. The van der Waals surface area contributed by atoms with Gasteiger partial charge in [0.15, 0.2) is 0 Å². The molecule has 1 amide bonds. The first-order chi connectivity index (χ1) is 13.3. The van der Waals surface area contributed by atoms with E-state index in [2.05, 4.69) is 10.3 Å². The van der Waals surface area contributed by atoms with E-state index >= 15 is 0 Å². The number of pyridine rings is 1. The molecule has 0 saturated heterocycles. The SMILES string of the molecule is Cc1ccc(-c2cc(CCNC(=O)O)cn2S(=O)(=O)c2cccnc2)c(C)c1. The van der Waals surface area contributed by atoms with Crippen molar-refractivity contribution in [1.29, 1.82) is 0 Å². The van der Waals surface area contributed by atoms with E-state index in [0.29, 0.717) is 12.1 Å². The van der Waals surface area contributed by atoms with Gasteiger partial charge >= 0.3 is 6.09 Å². The second-order valence-corrected chi connectivity index (χ2v) is 8.34. The number of nitrogens with zero attached hydrogens (tertiary/aromatic N) is 2. The van der Waals surface area contributed by atoms with Crippen molar-refractivity contribution >= 4 is 16.1 Å². The summed E-state index contributed by atoms with van der Waals surface area (Å²) in [6, 6.07) is 10.7. The van der Waals surface area contributed by atoms with Gasteiger partial charge in [-0.25, -0.2) is 17.2 Å². The zero-order valence-corrected chi connectivity index (χ0v) is 16.4. The fourth-order valence-corrected chi connectivity index (χ4v) is 4.41. The fraction of sp³-hybridized carbons (Fsp3) is 0.200. The molecule has 0 fully saturated rings. The van der Waals surface area contributed by atoms with Crippen LogP contribution in [0.2, 0.25) is 0 Å². The van der Waals surface area contributed by atoms with Gasteiger partial charge in [-0.05, 0) is 49.6 Å². The quantitative estimate of drug-likeness (QED) is 0.663. The molecule has 3 aromatic rings. The van der Waals surface area contributed by atoms with E-state index in [4.69, 9.17) is 5.11 Å². The van der Waals surface area contributed by atoms with E-state index in [1.54, 1.807) is 18.3 Å². The first-order valence-electron chi connectivity index (χ1n) is 8.70. The van der Waals surface area contributed by atoms with E-state index in [1.165, 1.54) is 22.4 Å². The number of hydrogen-bond donors (Lipinski definition) is 2. The van der Waals surface area contributed by atoms with Crippen LogP contribution >= 0.6 is 0 Å². The van der Waals surface area contributed by atoms with Gasteiger partial charge < -0.3 is 10.4 Å². The van der Waals surface area contributed by atoms with Gasteiger partial charge in [0.1, 0.15) is 4.90 Å². The lowest BCUT2D eigenvalue weighted by molar-refractivity contribution is 0.194. The van der Waals surface area contributed by atoms with Crippen molar-refractivity contribution in [3.8, 4) is 11.3 Å². The van der Waals surface area contributed by atoms with E-state index in [0.717, 1.165) is 22.3 Å². The normalized spacial score (nSPS) is 11.4. The molecule has 2 N–H and O–H groups in total. The minimum atomic E-state index is -3.85. The third-order valence-electron chi connectivity index (χ3n) is 4.38. The summed E-state index contributed by atoms with van der Waals surface area (Å²) in [5.41, 5.74) is 4.09. The van der Waals surface area contributed by atoms with Crippen molar-refractivity contribution in [3.63, 3.8) is 0 Å². The first-order valence-corrected chi connectivity index (χ1v) is 10.1. The molecule has 0 aliphatic heterocycles. The molecule has 0 spiro atoms. The summed E-state index contributed by atoms with van der Waals surface area (Å²) >= 11 is 0. The van der Waals surface area contributed by atoms with Crippen LogP contribution in [0.5, 0.6) is 0 Å². The molecule has 0 atom stereocenters. The molecule has 2 aromatic heterocycles. The number of rotatable bonds is 6. The van der Waals surface area contributed by atoms with Crippen LogP contribution in [-0.2, 0) is 16.4 Å². The van der Waals surface area contributed by atoms with Crippen molar-refractivity contribution in [2.75, 3.05) is 6.54 Å². The first kappa shape index (κ1) is 19.6. The van der Waals surface area contributed by atoms with Gasteiger partial charge in [-0.2, -0.15) is 0 Å². The van der Waals surface area contributed by atoms with Crippen molar-refractivity contribution < 1.29 is 18.3 Å². The topological polar surface area (TPSA) is 101 Å². The van der Waals surface area contributed by atoms with Gasteiger partial charge in [0.2, 0.25) is 0 Å². The van der Waals surface area contributed by atoms with Crippen molar-refractivity contribution in [1.82, 2.24) is 14.3 Å². The van der Waals surface area contributed by atoms with Crippen LogP contribution < -0.4 is 5.32 Å². The predicted molar refractivity (Wildman–Crippen MR) is 106 cm³/mol. The van der Waals surface area contributed by atoms with Gasteiger partial charge in [-0.3, -0.25) is 4.98 Å². The number of benzene rings is 1. The highest BCUT2D eigenvalue weighted by atomic mass is 32.2. The molecule has 7 nitrogen and oxygen atoms in total. The van der Waals surface area contributed by atoms with Crippen LogP contribution in [-0.4, -0.2) is 35.1 Å². The lowest BCUT2D eigenvalue weighted by atomic mass is 10.0. The zero-order chi connectivity index (χ0) is 20.3. The Morgan fingerprint density at radius 2 is 2.00 bits per heavy atom. The van der Waals surface area contributed by atoms with Crippen LogP contribution in [0.1, 0.15) is 16.7 Å². The van der Waals surface area contributed by atoms with E-state index < -0.39 is 16.1 Å². The third-order valence-corrected chi connectivity index (χ3v) is 6.04. The molecular formula is C20H21N3O4S. The van der Waals surface area contributed by atoms with Crippen molar-refractivity contribution in [2.24, 2.45) is 0 Å². The fourth-order valence-electron chi connectivity index (χ4n) is 3.06. The van der Waals surface area contributed by atoms with Crippen LogP contribution in [0.3, 0.4) is 0 Å². The smallest absolute Gasteiger partial charge is 0.404 e. The van der Waals surface area contributed by atoms with Crippen LogP contribution in [0.15, 0.2) is 59.9 Å². The Hall–Kier alpha value is -3.13. The van der Waals surface area contributed by atoms with E-state index in [-0.39, 0.29) is 11.4 Å². The van der Waals surface area contributed by atoms with E-state index in [9.17, 15) is 13.2 Å². The number of amides is 1. The standard InChI is InChI=1S/C20H21N3O4S/c1-14-5-6-18(15(2)10-14)19-11-16(7-9-22-20(24)25)13-23(19)28(26,27)17-4-3-8-21-12-17/h3-6,8,10-13,22H,7,9H2,1-2H3,(H,24,25). The maximum atomic E-state index is 13.2. The molecule has 8 heteroatoms. The van der Waals surface area contributed by atoms with Crippen molar-refractivity contribution in [3.05, 3.63) is 71.7 Å². The Morgan fingerprint density at radius 1 is 1.21 bits per heavy atom. The van der Waals surface area contributed by atoms with Crippen LogP contribution in [0.25, 0.3) is 11.3 Å². The third kappa shape index (κ3) is 4.07. The van der Waals surface area contributed by atoms with Gasteiger partial charge in [-0.15, -0.1) is 0 Å². The summed E-state index contributed by atoms with van der Waals surface area (Å²) in [6.07, 6.45) is 3.63. The average molecular weight is 399 g/mol. The average Bonchev–Trinajstić information content (AvgIpc) is 3.07. The zero-order valence-electron chi connectivity index (χ0n) is 15.6. The summed E-state index contributed by atoms with van der Waals surface area (Å²) in [6.45, 7) is 4.10. The monoisotopic (exact) mass is 399 g/mol. The molecule has 0 radical (unpaired) electrons. The van der Waals surface area contributed by atoms with Crippen LogP contribution in [0, 0.1) is 13.8 Å². The van der Waals surface area contributed by atoms with Crippen molar-refractivity contribution in [2.45, 2.75) is 25.2 Å². The molecule has 0 bridgehead atoms. The highest BCUT2D eigenvalue weighted by molar-refractivity contribution is 7.90. The summed E-state index contributed by atoms with van der Waals surface area (Å²) in [4.78, 5) is 14.7. The van der Waals surface area contributed by atoms with Crippen LogP contribution in [0.4, 0.5) is 4.79 Å². The summed E-state index contributed by atoms with van der Waals surface area (Å²) < 4.78 is 27.7. The summed E-state index contributed by atoms with van der Waals surface area (Å²) in [7, 11) is -3.85. The molecule has 0 aliphatic rings. The number of carbonyl (C=O) groups is 1. The molecule has 0 unspecified atom stereocenters. The lowest BCUT2D eigenvalue weighted by Gasteiger charge is -2.12.